The first-order chi connectivity index (χ1) is 9.52. The van der Waals surface area contributed by atoms with Gasteiger partial charge in [-0.3, -0.25) is 9.59 Å². The van der Waals surface area contributed by atoms with Crippen molar-refractivity contribution in [3.05, 3.63) is 20.8 Å². The van der Waals surface area contributed by atoms with Gasteiger partial charge in [0.05, 0.1) is 0 Å². The Morgan fingerprint density at radius 2 is 2.40 bits per heavy atom. The molecule has 0 aromatic carbocycles. The summed E-state index contributed by atoms with van der Waals surface area (Å²) in [5.41, 5.74) is 5.41. The molecule has 1 aromatic rings. The lowest BCUT2D eigenvalue weighted by atomic mass is 9.92. The molecule has 1 aliphatic rings. The summed E-state index contributed by atoms with van der Waals surface area (Å²) in [6.07, 6.45) is 2.92. The SMILES string of the molecule is CCC(C(N)=O)N1CC(Cc2sccc2Br)CCC1=O. The third kappa shape index (κ3) is 3.41. The molecule has 2 unspecified atom stereocenters. The van der Waals surface area contributed by atoms with Gasteiger partial charge in [-0.2, -0.15) is 0 Å². The second-order valence-electron chi connectivity index (χ2n) is 5.17. The number of likely N-dealkylation sites (tertiary alicyclic amines) is 1. The molecule has 4 nitrogen and oxygen atoms in total. The Hall–Kier alpha value is -0.880. The Kier molecular flexibility index (Phi) is 5.21. The van der Waals surface area contributed by atoms with E-state index in [9.17, 15) is 9.59 Å². The number of carbonyl (C=O) groups is 2. The zero-order valence-corrected chi connectivity index (χ0v) is 13.9. The van der Waals surface area contributed by atoms with Crippen LogP contribution >= 0.6 is 27.3 Å². The molecule has 0 saturated carbocycles. The lowest BCUT2D eigenvalue weighted by Crippen LogP contribution is -2.51. The number of rotatable bonds is 5. The number of nitrogens with zero attached hydrogens (tertiary/aromatic N) is 1. The predicted octanol–water partition coefficient (Wildman–Crippen LogP) is 2.56. The monoisotopic (exact) mass is 358 g/mol. The molecule has 1 aromatic heterocycles. The number of nitrogens with two attached hydrogens (primary N) is 1. The minimum absolute atomic E-state index is 0.0529. The fourth-order valence-corrected chi connectivity index (χ4v) is 4.35. The quantitative estimate of drug-likeness (QED) is 0.878. The van der Waals surface area contributed by atoms with Crippen LogP contribution in [0.2, 0.25) is 0 Å². The molecule has 110 valence electrons. The largest absolute Gasteiger partial charge is 0.368 e. The van der Waals surface area contributed by atoms with Gasteiger partial charge in [0, 0.05) is 22.3 Å². The van der Waals surface area contributed by atoms with Crippen LogP contribution in [0.1, 0.15) is 31.1 Å². The van der Waals surface area contributed by atoms with Gasteiger partial charge in [0.1, 0.15) is 6.04 Å². The molecule has 1 saturated heterocycles. The summed E-state index contributed by atoms with van der Waals surface area (Å²) in [5.74, 6) is 0.0481. The number of amides is 2. The average molecular weight is 359 g/mol. The van der Waals surface area contributed by atoms with Crippen LogP contribution in [0.15, 0.2) is 15.9 Å². The molecule has 2 N–H and O–H groups in total. The maximum Gasteiger partial charge on any atom is 0.240 e. The Morgan fingerprint density at radius 3 is 2.95 bits per heavy atom. The van der Waals surface area contributed by atoms with E-state index in [1.165, 1.54) is 4.88 Å². The second kappa shape index (κ2) is 6.72. The van der Waals surface area contributed by atoms with E-state index in [0.29, 0.717) is 25.3 Å². The van der Waals surface area contributed by atoms with Gasteiger partial charge in [-0.05, 0) is 52.6 Å². The molecule has 2 amide bonds. The van der Waals surface area contributed by atoms with Crippen LogP contribution in [0.4, 0.5) is 0 Å². The molecule has 6 heteroatoms. The maximum atomic E-state index is 12.0. The lowest BCUT2D eigenvalue weighted by Gasteiger charge is -2.36. The minimum atomic E-state index is -0.461. The van der Waals surface area contributed by atoms with Gasteiger partial charge < -0.3 is 10.6 Å². The van der Waals surface area contributed by atoms with Crippen LogP contribution in [0, 0.1) is 5.92 Å². The number of halogens is 1. The van der Waals surface area contributed by atoms with Crippen LogP contribution in [0.25, 0.3) is 0 Å². The third-order valence-corrected chi connectivity index (χ3v) is 5.75. The van der Waals surface area contributed by atoms with Gasteiger partial charge in [-0.15, -0.1) is 11.3 Å². The second-order valence-corrected chi connectivity index (χ2v) is 7.03. The molecule has 2 heterocycles. The summed E-state index contributed by atoms with van der Waals surface area (Å²) >= 11 is 5.27. The molecule has 2 rings (SSSR count). The summed E-state index contributed by atoms with van der Waals surface area (Å²) in [5, 5.41) is 2.06. The van der Waals surface area contributed by atoms with Crippen LogP contribution in [-0.4, -0.2) is 29.3 Å². The van der Waals surface area contributed by atoms with Crippen LogP contribution in [0.5, 0.6) is 0 Å². The van der Waals surface area contributed by atoms with Gasteiger partial charge in [-0.25, -0.2) is 0 Å². The summed E-state index contributed by atoms with van der Waals surface area (Å²) in [7, 11) is 0. The third-order valence-electron chi connectivity index (χ3n) is 3.80. The van der Waals surface area contributed by atoms with E-state index in [4.69, 9.17) is 5.73 Å². The van der Waals surface area contributed by atoms with Crippen molar-refractivity contribution in [2.45, 2.75) is 38.6 Å². The molecule has 0 aliphatic carbocycles. The molecule has 0 spiro atoms. The predicted molar refractivity (Wildman–Crippen MR) is 83.4 cm³/mol. The number of carbonyl (C=O) groups excluding carboxylic acids is 2. The van der Waals surface area contributed by atoms with Crippen molar-refractivity contribution in [3.8, 4) is 0 Å². The van der Waals surface area contributed by atoms with Crippen molar-refractivity contribution < 1.29 is 9.59 Å². The fraction of sp³-hybridized carbons (Fsp3) is 0.571. The number of hydrogen-bond donors (Lipinski definition) is 1. The van der Waals surface area contributed by atoms with Gasteiger partial charge in [0.2, 0.25) is 11.8 Å². The summed E-state index contributed by atoms with van der Waals surface area (Å²) in [6.45, 7) is 2.52. The zero-order valence-electron chi connectivity index (χ0n) is 11.5. The highest BCUT2D eigenvalue weighted by Gasteiger charge is 2.33. The Bertz CT molecular complexity index is 503. The van der Waals surface area contributed by atoms with Crippen molar-refractivity contribution in [1.29, 1.82) is 0 Å². The minimum Gasteiger partial charge on any atom is -0.368 e. The van der Waals surface area contributed by atoms with E-state index in [-0.39, 0.29) is 5.91 Å². The Labute approximate surface area is 131 Å². The van der Waals surface area contributed by atoms with E-state index >= 15 is 0 Å². The number of piperidine rings is 1. The standard InChI is InChI=1S/C14H19BrN2O2S/c1-2-11(14(16)19)17-8-9(3-4-13(17)18)7-12-10(15)5-6-20-12/h5-6,9,11H,2-4,7-8H2,1H3,(H2,16,19). The van der Waals surface area contributed by atoms with Gasteiger partial charge in [0.25, 0.3) is 0 Å². The first-order valence-electron chi connectivity index (χ1n) is 6.83. The molecular weight excluding hydrogens is 340 g/mol. The van der Waals surface area contributed by atoms with Crippen molar-refractivity contribution in [3.63, 3.8) is 0 Å². The summed E-state index contributed by atoms with van der Waals surface area (Å²) in [6, 6.07) is 1.58. The highest BCUT2D eigenvalue weighted by atomic mass is 79.9. The van der Waals surface area contributed by atoms with Crippen molar-refractivity contribution in [2.24, 2.45) is 11.7 Å². The number of primary amides is 1. The zero-order chi connectivity index (χ0) is 14.7. The van der Waals surface area contributed by atoms with Gasteiger partial charge >= 0.3 is 0 Å². The molecule has 2 atom stereocenters. The summed E-state index contributed by atoms with van der Waals surface area (Å²) in [4.78, 5) is 26.5. The maximum absolute atomic E-state index is 12.0. The molecular formula is C14H19BrN2O2S. The topological polar surface area (TPSA) is 63.4 Å². The van der Waals surface area contributed by atoms with Crippen LogP contribution < -0.4 is 5.73 Å². The molecule has 1 fully saturated rings. The Morgan fingerprint density at radius 1 is 1.65 bits per heavy atom. The van der Waals surface area contributed by atoms with Gasteiger partial charge in [-0.1, -0.05) is 6.92 Å². The Balaban J connectivity index is 2.06. The number of hydrogen-bond acceptors (Lipinski definition) is 3. The lowest BCUT2D eigenvalue weighted by molar-refractivity contribution is -0.143. The number of thiophene rings is 1. The first kappa shape index (κ1) is 15.5. The normalized spacial score (nSPS) is 21.0. The van der Waals surface area contributed by atoms with E-state index in [1.54, 1.807) is 16.2 Å². The van der Waals surface area contributed by atoms with Crippen molar-refractivity contribution in [1.82, 2.24) is 4.90 Å². The molecule has 1 aliphatic heterocycles. The van der Waals surface area contributed by atoms with Crippen LogP contribution in [-0.2, 0) is 16.0 Å². The first-order valence-corrected chi connectivity index (χ1v) is 8.50. The van der Waals surface area contributed by atoms with Crippen LogP contribution in [0.3, 0.4) is 0 Å². The van der Waals surface area contributed by atoms with Crippen molar-refractivity contribution >= 4 is 39.1 Å². The van der Waals surface area contributed by atoms with Crippen molar-refractivity contribution in [2.75, 3.05) is 6.54 Å². The highest BCUT2D eigenvalue weighted by Crippen LogP contribution is 2.30. The van der Waals surface area contributed by atoms with E-state index in [1.807, 2.05) is 13.0 Å². The van der Waals surface area contributed by atoms with Gasteiger partial charge in [0.15, 0.2) is 0 Å². The summed E-state index contributed by atoms with van der Waals surface area (Å²) < 4.78 is 1.13. The average Bonchev–Trinajstić information content (AvgIpc) is 2.79. The smallest absolute Gasteiger partial charge is 0.240 e. The fourth-order valence-electron chi connectivity index (χ4n) is 2.72. The van der Waals surface area contributed by atoms with E-state index in [0.717, 1.165) is 17.3 Å². The van der Waals surface area contributed by atoms with E-state index in [2.05, 4.69) is 21.3 Å². The molecule has 0 bridgehead atoms. The molecule has 0 radical (unpaired) electrons. The highest BCUT2D eigenvalue weighted by molar-refractivity contribution is 9.10. The molecule has 20 heavy (non-hydrogen) atoms. The van der Waals surface area contributed by atoms with E-state index < -0.39 is 11.9 Å².